The lowest BCUT2D eigenvalue weighted by Crippen LogP contribution is -2.31. The number of amides is 1. The molecular formula is C17H15F2NO5. The second-order valence-electron chi connectivity index (χ2n) is 5.23. The third kappa shape index (κ3) is 4.66. The smallest absolute Gasteiger partial charge is 0.342 e. The van der Waals surface area contributed by atoms with Crippen molar-refractivity contribution in [2.24, 2.45) is 0 Å². The summed E-state index contributed by atoms with van der Waals surface area (Å²) in [5, 5.41) is 21.1. The summed E-state index contributed by atoms with van der Waals surface area (Å²) in [6, 6.07) is 5.47. The van der Waals surface area contributed by atoms with Crippen LogP contribution in [-0.2, 0) is 9.53 Å². The molecule has 0 saturated carbocycles. The molecule has 1 amide bonds. The van der Waals surface area contributed by atoms with E-state index in [-0.39, 0.29) is 16.9 Å². The lowest BCUT2D eigenvalue weighted by molar-refractivity contribution is -0.124. The van der Waals surface area contributed by atoms with E-state index in [1.165, 1.54) is 19.1 Å². The van der Waals surface area contributed by atoms with Crippen LogP contribution in [0.1, 0.15) is 28.9 Å². The average molecular weight is 351 g/mol. The molecule has 0 aliphatic rings. The van der Waals surface area contributed by atoms with Gasteiger partial charge in [0.1, 0.15) is 28.7 Å². The lowest BCUT2D eigenvalue weighted by Gasteiger charge is -2.15. The van der Waals surface area contributed by atoms with E-state index in [0.717, 1.165) is 18.2 Å². The SMILES string of the molecule is C[C@H](NC(=O)COC(=O)c1ccc(O)cc1O)c1ccc(F)cc1F. The highest BCUT2D eigenvalue weighted by Crippen LogP contribution is 2.23. The average Bonchev–Trinajstić information content (AvgIpc) is 2.52. The zero-order chi connectivity index (χ0) is 18.6. The highest BCUT2D eigenvalue weighted by Gasteiger charge is 2.17. The van der Waals surface area contributed by atoms with Crippen molar-refractivity contribution < 1.29 is 33.3 Å². The van der Waals surface area contributed by atoms with Crippen molar-refractivity contribution in [2.45, 2.75) is 13.0 Å². The number of ether oxygens (including phenoxy) is 1. The van der Waals surface area contributed by atoms with Gasteiger partial charge < -0.3 is 20.3 Å². The summed E-state index contributed by atoms with van der Waals surface area (Å²) in [6.45, 7) is 0.828. The molecule has 0 aliphatic carbocycles. The van der Waals surface area contributed by atoms with Crippen LogP contribution in [0.15, 0.2) is 36.4 Å². The molecule has 25 heavy (non-hydrogen) atoms. The Kier molecular flexibility index (Phi) is 5.53. The molecule has 0 aromatic heterocycles. The first-order valence-electron chi connectivity index (χ1n) is 7.21. The van der Waals surface area contributed by atoms with Crippen molar-refractivity contribution in [1.82, 2.24) is 5.32 Å². The van der Waals surface area contributed by atoms with Crippen LogP contribution in [0.3, 0.4) is 0 Å². The molecule has 2 aromatic rings. The summed E-state index contributed by atoms with van der Waals surface area (Å²) < 4.78 is 31.3. The molecular weight excluding hydrogens is 336 g/mol. The Morgan fingerprint density at radius 3 is 2.52 bits per heavy atom. The van der Waals surface area contributed by atoms with Crippen LogP contribution in [0.2, 0.25) is 0 Å². The van der Waals surface area contributed by atoms with E-state index in [1.54, 1.807) is 0 Å². The predicted molar refractivity (Wildman–Crippen MR) is 83.0 cm³/mol. The van der Waals surface area contributed by atoms with Crippen LogP contribution in [0, 0.1) is 11.6 Å². The van der Waals surface area contributed by atoms with Crippen LogP contribution in [0.5, 0.6) is 11.5 Å². The fourth-order valence-corrected chi connectivity index (χ4v) is 2.12. The Labute approximate surface area is 141 Å². The van der Waals surface area contributed by atoms with E-state index in [4.69, 9.17) is 9.84 Å². The van der Waals surface area contributed by atoms with Gasteiger partial charge in [0.2, 0.25) is 0 Å². The van der Waals surface area contributed by atoms with E-state index in [2.05, 4.69) is 5.32 Å². The molecule has 1 atom stereocenters. The molecule has 0 radical (unpaired) electrons. The van der Waals surface area contributed by atoms with Crippen molar-refractivity contribution in [1.29, 1.82) is 0 Å². The maximum atomic E-state index is 13.6. The molecule has 0 spiro atoms. The van der Waals surface area contributed by atoms with Crippen LogP contribution in [0.25, 0.3) is 0 Å². The lowest BCUT2D eigenvalue weighted by atomic mass is 10.1. The number of benzene rings is 2. The number of carbonyl (C=O) groups excluding carboxylic acids is 2. The van der Waals surface area contributed by atoms with Gasteiger partial charge in [-0.05, 0) is 25.1 Å². The zero-order valence-corrected chi connectivity index (χ0v) is 13.1. The molecule has 2 aromatic carbocycles. The normalized spacial score (nSPS) is 11.6. The Morgan fingerprint density at radius 2 is 1.88 bits per heavy atom. The van der Waals surface area contributed by atoms with Crippen LogP contribution < -0.4 is 5.32 Å². The van der Waals surface area contributed by atoms with Gasteiger partial charge in [-0.3, -0.25) is 4.79 Å². The predicted octanol–water partition coefficient (Wildman–Crippen LogP) is 2.41. The highest BCUT2D eigenvalue weighted by atomic mass is 19.1. The first-order valence-corrected chi connectivity index (χ1v) is 7.21. The number of phenols is 2. The molecule has 132 valence electrons. The third-order valence-corrected chi connectivity index (χ3v) is 3.34. The van der Waals surface area contributed by atoms with Crippen molar-refractivity contribution >= 4 is 11.9 Å². The molecule has 0 heterocycles. The topological polar surface area (TPSA) is 95.9 Å². The molecule has 0 saturated heterocycles. The number of nitrogens with one attached hydrogen (secondary N) is 1. The van der Waals surface area contributed by atoms with Crippen molar-refractivity contribution in [3.05, 3.63) is 59.2 Å². The quantitative estimate of drug-likeness (QED) is 0.719. The molecule has 0 fully saturated rings. The monoisotopic (exact) mass is 351 g/mol. The van der Waals surface area contributed by atoms with Gasteiger partial charge in [0.25, 0.3) is 5.91 Å². The van der Waals surface area contributed by atoms with Gasteiger partial charge in [0.15, 0.2) is 6.61 Å². The first-order chi connectivity index (χ1) is 11.8. The van der Waals surface area contributed by atoms with E-state index in [0.29, 0.717) is 6.07 Å². The fraction of sp³-hybridized carbons (Fsp3) is 0.176. The number of carbonyl (C=O) groups is 2. The van der Waals surface area contributed by atoms with Gasteiger partial charge in [0.05, 0.1) is 6.04 Å². The summed E-state index contributed by atoms with van der Waals surface area (Å²) >= 11 is 0. The third-order valence-electron chi connectivity index (χ3n) is 3.34. The van der Waals surface area contributed by atoms with Crippen LogP contribution in [0.4, 0.5) is 8.78 Å². The van der Waals surface area contributed by atoms with Gasteiger partial charge in [-0.25, -0.2) is 13.6 Å². The number of esters is 1. The Bertz CT molecular complexity index is 810. The van der Waals surface area contributed by atoms with Gasteiger partial charge in [-0.1, -0.05) is 6.07 Å². The summed E-state index contributed by atoms with van der Waals surface area (Å²) in [4.78, 5) is 23.6. The zero-order valence-electron chi connectivity index (χ0n) is 13.1. The molecule has 0 unspecified atom stereocenters. The van der Waals surface area contributed by atoms with E-state index < -0.39 is 41.9 Å². The number of rotatable bonds is 5. The van der Waals surface area contributed by atoms with Crippen LogP contribution in [-0.4, -0.2) is 28.7 Å². The minimum atomic E-state index is -0.965. The maximum Gasteiger partial charge on any atom is 0.342 e. The summed E-state index contributed by atoms with van der Waals surface area (Å²) in [5.41, 5.74) is -0.138. The number of hydrogen-bond acceptors (Lipinski definition) is 5. The Morgan fingerprint density at radius 1 is 1.16 bits per heavy atom. The van der Waals surface area contributed by atoms with Gasteiger partial charge in [-0.2, -0.15) is 0 Å². The fourth-order valence-electron chi connectivity index (χ4n) is 2.12. The molecule has 0 aliphatic heterocycles. The molecule has 3 N–H and O–H groups in total. The van der Waals surface area contributed by atoms with Gasteiger partial charge in [-0.15, -0.1) is 0 Å². The summed E-state index contributed by atoms with van der Waals surface area (Å²) in [5.74, 6) is -3.94. The van der Waals surface area contributed by atoms with Gasteiger partial charge >= 0.3 is 5.97 Å². The number of phenolic OH excluding ortho intramolecular Hbond substituents is 2. The standard InChI is InChI=1S/C17H15F2NO5/c1-9(12-4-2-10(18)6-14(12)19)20-16(23)8-25-17(24)13-5-3-11(21)7-15(13)22/h2-7,9,21-22H,8H2,1H3,(H,20,23)/t9-/m0/s1. The second-order valence-corrected chi connectivity index (χ2v) is 5.23. The van der Waals surface area contributed by atoms with Crippen molar-refractivity contribution in [3.63, 3.8) is 0 Å². The number of halogens is 2. The largest absolute Gasteiger partial charge is 0.508 e. The van der Waals surface area contributed by atoms with Gasteiger partial charge in [0, 0.05) is 17.7 Å². The van der Waals surface area contributed by atoms with E-state index >= 15 is 0 Å². The minimum absolute atomic E-state index is 0.0808. The maximum absolute atomic E-state index is 13.6. The highest BCUT2D eigenvalue weighted by molar-refractivity contribution is 5.94. The van der Waals surface area contributed by atoms with E-state index in [9.17, 15) is 23.5 Å². The molecule has 0 bridgehead atoms. The number of hydrogen-bond donors (Lipinski definition) is 3. The minimum Gasteiger partial charge on any atom is -0.508 e. The van der Waals surface area contributed by atoms with Crippen molar-refractivity contribution in [2.75, 3.05) is 6.61 Å². The first kappa shape index (κ1) is 18.2. The summed E-state index contributed by atoms with van der Waals surface area (Å²) in [7, 11) is 0. The van der Waals surface area contributed by atoms with Crippen LogP contribution >= 0.6 is 0 Å². The second kappa shape index (κ2) is 7.61. The Hall–Kier alpha value is -3.16. The molecule has 8 heteroatoms. The van der Waals surface area contributed by atoms with E-state index in [1.807, 2.05) is 0 Å². The molecule has 2 rings (SSSR count). The molecule has 6 nitrogen and oxygen atoms in total. The Balaban J connectivity index is 1.92. The summed E-state index contributed by atoms with van der Waals surface area (Å²) in [6.07, 6.45) is 0. The number of aromatic hydroxyl groups is 2. The van der Waals surface area contributed by atoms with Crippen molar-refractivity contribution in [3.8, 4) is 11.5 Å².